The first-order chi connectivity index (χ1) is 21.9. The van der Waals surface area contributed by atoms with E-state index in [-0.39, 0.29) is 44.3 Å². The number of aliphatic hydroxyl groups excluding tert-OH is 1. The van der Waals surface area contributed by atoms with E-state index in [1.54, 1.807) is 35.9 Å². The first-order valence-electron chi connectivity index (χ1n) is 14.4. The predicted octanol–water partition coefficient (Wildman–Crippen LogP) is 3.56. The Morgan fingerprint density at radius 2 is 1.69 bits per heavy atom. The van der Waals surface area contributed by atoms with E-state index < -0.39 is 18.3 Å². The van der Waals surface area contributed by atoms with Gasteiger partial charge >= 0.3 is 12.0 Å². The van der Waals surface area contributed by atoms with Gasteiger partial charge in [-0.25, -0.2) is 4.79 Å². The van der Waals surface area contributed by atoms with E-state index in [2.05, 4.69) is 26.2 Å². The highest BCUT2D eigenvalue weighted by atomic mass is 32.2. The van der Waals surface area contributed by atoms with E-state index in [1.807, 2.05) is 48.5 Å². The fourth-order valence-electron chi connectivity index (χ4n) is 4.62. The van der Waals surface area contributed by atoms with Gasteiger partial charge in [-0.1, -0.05) is 60.3 Å². The number of carbonyl (C=O) groups excluding carboxylic acids is 2. The Morgan fingerprint density at radius 3 is 2.40 bits per heavy atom. The van der Waals surface area contributed by atoms with Gasteiger partial charge in [-0.3, -0.25) is 4.79 Å². The van der Waals surface area contributed by atoms with Crippen LogP contribution in [0.5, 0.6) is 5.75 Å². The second-order valence-corrected chi connectivity index (χ2v) is 11.1. The number of tetrazole rings is 1. The minimum absolute atomic E-state index is 0.0409. The zero-order valence-electron chi connectivity index (χ0n) is 24.5. The van der Waals surface area contributed by atoms with Crippen LogP contribution in [0.3, 0.4) is 0 Å². The van der Waals surface area contributed by atoms with Crippen LogP contribution < -0.4 is 10.6 Å². The molecular formula is C31H34N6O7S. The molecule has 4 aromatic rings. The molecular weight excluding hydrogens is 600 g/mol. The Balaban J connectivity index is 1.25. The van der Waals surface area contributed by atoms with Crippen molar-refractivity contribution in [2.45, 2.75) is 50.2 Å². The zero-order valence-corrected chi connectivity index (χ0v) is 25.4. The van der Waals surface area contributed by atoms with Crippen molar-refractivity contribution in [2.24, 2.45) is 0 Å². The van der Waals surface area contributed by atoms with Crippen LogP contribution in [0.15, 0.2) is 78.0 Å². The molecule has 45 heavy (non-hydrogen) atoms. The molecule has 13 nitrogen and oxygen atoms in total. The number of urea groups is 1. The number of hydrogen-bond donors (Lipinski definition) is 4. The van der Waals surface area contributed by atoms with Crippen LogP contribution in [0, 0.1) is 0 Å². The van der Waals surface area contributed by atoms with E-state index in [0.29, 0.717) is 17.3 Å². The van der Waals surface area contributed by atoms with Gasteiger partial charge in [-0.2, -0.15) is 4.68 Å². The molecule has 236 valence electrons. The molecule has 5 rings (SSSR count). The fourth-order valence-corrected chi connectivity index (χ4v) is 5.53. The molecule has 0 aliphatic carbocycles. The molecule has 0 bridgehead atoms. The number of thioether (sulfide) groups is 1. The van der Waals surface area contributed by atoms with Crippen molar-refractivity contribution in [3.8, 4) is 11.4 Å². The van der Waals surface area contributed by atoms with Gasteiger partial charge in [0.15, 0.2) is 6.29 Å². The number of rotatable bonds is 12. The van der Waals surface area contributed by atoms with Crippen molar-refractivity contribution in [2.75, 3.05) is 18.9 Å². The average molecular weight is 635 g/mol. The van der Waals surface area contributed by atoms with Crippen molar-refractivity contribution in [3.05, 3.63) is 95.1 Å². The second-order valence-electron chi connectivity index (χ2n) is 10.1. The first-order valence-corrected chi connectivity index (χ1v) is 15.4. The summed E-state index contributed by atoms with van der Waals surface area (Å²) in [4.78, 5) is 23.5. The van der Waals surface area contributed by atoms with Crippen molar-refractivity contribution in [1.82, 2.24) is 30.8 Å². The van der Waals surface area contributed by atoms with Crippen LogP contribution >= 0.6 is 11.8 Å². The van der Waals surface area contributed by atoms with Gasteiger partial charge in [0.2, 0.25) is 5.16 Å². The standard InChI is InChI=1S/C31H34N6O7S/c1-2-42-28(40)17-33-30(41)32-16-20-3-9-23(10-4-20)29-43-26(15-27(44-29)22-7-5-21(18-38)6-8-22)19-45-31-34-35-36-37(31)24-11-13-25(39)14-12-24/h3-14,26-27,29,38-39H,2,15-19H2,1H3,(H2,32,33,41). The lowest BCUT2D eigenvalue weighted by atomic mass is 10.0. The maximum Gasteiger partial charge on any atom is 0.325 e. The molecule has 1 saturated heterocycles. The molecule has 2 amide bonds. The molecule has 1 aliphatic rings. The van der Waals surface area contributed by atoms with E-state index in [9.17, 15) is 19.8 Å². The summed E-state index contributed by atoms with van der Waals surface area (Å²) in [6.07, 6.45) is -0.550. The third kappa shape index (κ3) is 8.79. The summed E-state index contributed by atoms with van der Waals surface area (Å²) >= 11 is 1.46. The first kappa shape index (κ1) is 31.9. The smallest absolute Gasteiger partial charge is 0.325 e. The Bertz CT molecular complexity index is 1550. The molecule has 0 radical (unpaired) electrons. The molecule has 4 N–H and O–H groups in total. The maximum atomic E-state index is 12.0. The normalized spacial score (nSPS) is 17.9. The highest BCUT2D eigenvalue weighted by Crippen LogP contribution is 2.39. The van der Waals surface area contributed by atoms with Crippen LogP contribution in [0.1, 0.15) is 48.0 Å². The number of carbonyl (C=O) groups is 2. The molecule has 1 aliphatic heterocycles. The lowest BCUT2D eigenvalue weighted by molar-refractivity contribution is -0.245. The zero-order chi connectivity index (χ0) is 31.6. The van der Waals surface area contributed by atoms with E-state index >= 15 is 0 Å². The van der Waals surface area contributed by atoms with Gasteiger partial charge in [0.25, 0.3) is 0 Å². The highest BCUT2D eigenvalue weighted by Gasteiger charge is 2.32. The number of hydrogen-bond acceptors (Lipinski definition) is 11. The van der Waals surface area contributed by atoms with Gasteiger partial charge in [0, 0.05) is 24.3 Å². The number of phenols is 1. The number of phenolic OH excluding ortho intramolecular Hbond substituents is 1. The molecule has 3 atom stereocenters. The number of amides is 2. The summed E-state index contributed by atoms with van der Waals surface area (Å²) < 4.78 is 19.3. The molecule has 1 aromatic heterocycles. The number of nitrogens with one attached hydrogen (secondary N) is 2. The quantitative estimate of drug-likeness (QED) is 0.133. The van der Waals surface area contributed by atoms with Crippen LogP contribution in [-0.4, -0.2) is 67.4 Å². The predicted molar refractivity (Wildman–Crippen MR) is 163 cm³/mol. The fraction of sp³-hybridized carbons (Fsp3) is 0.323. The Kier molecular flexibility index (Phi) is 11.0. The number of nitrogens with zero attached hydrogens (tertiary/aromatic N) is 4. The van der Waals surface area contributed by atoms with Gasteiger partial charge in [0.05, 0.1) is 31.1 Å². The number of esters is 1. The van der Waals surface area contributed by atoms with E-state index in [1.165, 1.54) is 11.8 Å². The van der Waals surface area contributed by atoms with Gasteiger partial charge in [-0.15, -0.1) is 5.10 Å². The summed E-state index contributed by atoms with van der Waals surface area (Å²) in [6.45, 7) is 1.97. The Hall–Kier alpha value is -4.50. The molecule has 2 heterocycles. The Labute approximate surface area is 263 Å². The van der Waals surface area contributed by atoms with Gasteiger partial charge < -0.3 is 35.1 Å². The lowest BCUT2D eigenvalue weighted by Crippen LogP contribution is -2.38. The molecule has 1 fully saturated rings. The molecule has 0 saturated carbocycles. The minimum atomic E-state index is -0.658. The highest BCUT2D eigenvalue weighted by molar-refractivity contribution is 7.99. The molecule has 14 heteroatoms. The summed E-state index contributed by atoms with van der Waals surface area (Å²) in [5.74, 6) is 0.202. The monoisotopic (exact) mass is 634 g/mol. The summed E-state index contributed by atoms with van der Waals surface area (Å²) in [5.41, 5.74) is 4.17. The number of benzene rings is 3. The third-order valence-corrected chi connectivity index (χ3v) is 8.00. The van der Waals surface area contributed by atoms with Crippen molar-refractivity contribution in [1.29, 1.82) is 0 Å². The van der Waals surface area contributed by atoms with Gasteiger partial charge in [-0.05, 0) is 58.3 Å². The largest absolute Gasteiger partial charge is 0.508 e. The van der Waals surface area contributed by atoms with Crippen molar-refractivity contribution in [3.63, 3.8) is 0 Å². The summed E-state index contributed by atoms with van der Waals surface area (Å²) in [5, 5.41) is 37.0. The summed E-state index contributed by atoms with van der Waals surface area (Å²) in [7, 11) is 0. The summed E-state index contributed by atoms with van der Waals surface area (Å²) in [6, 6.07) is 21.4. The topological polar surface area (TPSA) is 170 Å². The maximum absolute atomic E-state index is 12.0. The van der Waals surface area contributed by atoms with Crippen LogP contribution in [0.2, 0.25) is 0 Å². The minimum Gasteiger partial charge on any atom is -0.508 e. The average Bonchev–Trinajstić information content (AvgIpc) is 3.55. The van der Waals surface area contributed by atoms with Crippen LogP contribution in [-0.2, 0) is 32.2 Å². The second kappa shape index (κ2) is 15.5. The number of ether oxygens (including phenoxy) is 3. The van der Waals surface area contributed by atoms with Crippen LogP contribution in [0.4, 0.5) is 4.79 Å². The lowest BCUT2D eigenvalue weighted by Gasteiger charge is -2.36. The molecule has 3 unspecified atom stereocenters. The SMILES string of the molecule is CCOC(=O)CNC(=O)NCc1ccc(C2OC(CSc3nnnn3-c3ccc(O)cc3)CC(c3ccc(CO)cc3)O2)cc1. The van der Waals surface area contributed by atoms with E-state index in [0.717, 1.165) is 27.9 Å². The molecule has 0 spiro atoms. The van der Waals surface area contributed by atoms with Gasteiger partial charge in [0.1, 0.15) is 12.3 Å². The Morgan fingerprint density at radius 1 is 0.978 bits per heavy atom. The molecule has 3 aromatic carbocycles. The third-order valence-electron chi connectivity index (χ3n) is 6.95. The van der Waals surface area contributed by atoms with Crippen molar-refractivity contribution < 1.29 is 34.0 Å². The van der Waals surface area contributed by atoms with E-state index in [4.69, 9.17) is 14.2 Å². The van der Waals surface area contributed by atoms with Crippen molar-refractivity contribution >= 4 is 23.8 Å². The van der Waals surface area contributed by atoms with Crippen LogP contribution in [0.25, 0.3) is 5.69 Å². The number of aliphatic hydroxyl groups is 1. The number of aromatic nitrogens is 4. The number of aromatic hydroxyl groups is 1.